The minimum atomic E-state index is -0.126. The lowest BCUT2D eigenvalue weighted by Crippen LogP contribution is -2.36. The summed E-state index contributed by atoms with van der Waals surface area (Å²) in [6, 6.07) is 0. The van der Waals surface area contributed by atoms with Gasteiger partial charge in [0.05, 0.1) is 5.60 Å². The summed E-state index contributed by atoms with van der Waals surface area (Å²) in [6.07, 6.45) is 1.92. The summed E-state index contributed by atoms with van der Waals surface area (Å²) in [4.78, 5) is 0. The average molecular weight is 202 g/mol. The van der Waals surface area contributed by atoms with E-state index in [9.17, 15) is 0 Å². The van der Waals surface area contributed by atoms with E-state index in [0.717, 1.165) is 26.0 Å². The van der Waals surface area contributed by atoms with Crippen LogP contribution in [0, 0.1) is 0 Å². The Hall–Kier alpha value is -0.120. The number of ether oxygens (including phenoxy) is 1. The van der Waals surface area contributed by atoms with Crippen LogP contribution in [0.4, 0.5) is 0 Å². The van der Waals surface area contributed by atoms with E-state index >= 15 is 0 Å². The van der Waals surface area contributed by atoms with Gasteiger partial charge in [0.2, 0.25) is 0 Å². The molecule has 0 aliphatic rings. The third-order valence-electron chi connectivity index (χ3n) is 2.22. The second-order valence-corrected chi connectivity index (χ2v) is 5.20. The largest absolute Gasteiger partial charge is 0.375 e. The summed E-state index contributed by atoms with van der Waals surface area (Å²) < 4.78 is 5.79. The zero-order valence-electron chi connectivity index (χ0n) is 10.3. The molecular weight excluding hydrogens is 176 g/mol. The highest BCUT2D eigenvalue weighted by molar-refractivity contribution is 4.74. The topological polar surface area (TPSA) is 47.3 Å². The SMILES string of the molecule is CNCCC(C)(C)OCCC(C)(C)N. The maximum atomic E-state index is 5.87. The van der Waals surface area contributed by atoms with E-state index < -0.39 is 0 Å². The molecule has 0 rings (SSSR count). The van der Waals surface area contributed by atoms with Crippen LogP contribution in [0.5, 0.6) is 0 Å². The Morgan fingerprint density at radius 3 is 2.14 bits per heavy atom. The lowest BCUT2D eigenvalue weighted by atomic mass is 10.0. The van der Waals surface area contributed by atoms with Crippen LogP contribution in [0.1, 0.15) is 40.5 Å². The van der Waals surface area contributed by atoms with Crippen molar-refractivity contribution in [1.29, 1.82) is 0 Å². The molecular formula is C11H26N2O. The molecule has 0 unspecified atom stereocenters. The molecule has 0 amide bonds. The summed E-state index contributed by atoms with van der Waals surface area (Å²) in [5, 5.41) is 3.13. The number of hydrogen-bond donors (Lipinski definition) is 2. The third kappa shape index (κ3) is 8.48. The number of nitrogens with one attached hydrogen (secondary N) is 1. The Bertz CT molecular complexity index is 150. The molecule has 0 aromatic carbocycles. The molecule has 14 heavy (non-hydrogen) atoms. The summed E-state index contributed by atoms with van der Waals surface area (Å²) in [5.41, 5.74) is 5.70. The van der Waals surface area contributed by atoms with Crippen molar-refractivity contribution in [3.05, 3.63) is 0 Å². The molecule has 0 aromatic heterocycles. The normalized spacial score (nSPS) is 13.3. The monoisotopic (exact) mass is 202 g/mol. The maximum absolute atomic E-state index is 5.87. The van der Waals surface area contributed by atoms with E-state index in [1.54, 1.807) is 0 Å². The average Bonchev–Trinajstić information content (AvgIpc) is 1.98. The fourth-order valence-electron chi connectivity index (χ4n) is 1.09. The molecule has 3 nitrogen and oxygen atoms in total. The highest BCUT2D eigenvalue weighted by atomic mass is 16.5. The van der Waals surface area contributed by atoms with Gasteiger partial charge in [0.15, 0.2) is 0 Å². The van der Waals surface area contributed by atoms with Crippen LogP contribution < -0.4 is 11.1 Å². The molecule has 0 radical (unpaired) electrons. The molecule has 0 aliphatic heterocycles. The van der Waals surface area contributed by atoms with Crippen LogP contribution in [0.2, 0.25) is 0 Å². The molecule has 0 saturated carbocycles. The minimum absolute atomic E-state index is 0.0474. The van der Waals surface area contributed by atoms with Crippen LogP contribution in [0.3, 0.4) is 0 Å². The summed E-state index contributed by atoms with van der Waals surface area (Å²) in [5.74, 6) is 0. The van der Waals surface area contributed by atoms with Crippen LogP contribution in [0.15, 0.2) is 0 Å². The fourth-order valence-corrected chi connectivity index (χ4v) is 1.09. The van der Waals surface area contributed by atoms with Gasteiger partial charge in [-0.05, 0) is 54.1 Å². The quantitative estimate of drug-likeness (QED) is 0.658. The van der Waals surface area contributed by atoms with Gasteiger partial charge in [-0.2, -0.15) is 0 Å². The van der Waals surface area contributed by atoms with Gasteiger partial charge in [0, 0.05) is 12.1 Å². The van der Waals surface area contributed by atoms with Crippen LogP contribution >= 0.6 is 0 Å². The molecule has 86 valence electrons. The van der Waals surface area contributed by atoms with Crippen molar-refractivity contribution in [2.75, 3.05) is 20.2 Å². The van der Waals surface area contributed by atoms with Crippen LogP contribution in [-0.2, 0) is 4.74 Å². The molecule has 3 N–H and O–H groups in total. The molecule has 0 aromatic rings. The standard InChI is InChI=1S/C11H26N2O/c1-10(2,12)7-9-14-11(3,4)6-8-13-5/h13H,6-9,12H2,1-5H3. The Balaban J connectivity index is 3.65. The van der Waals surface area contributed by atoms with E-state index in [0.29, 0.717) is 0 Å². The minimum Gasteiger partial charge on any atom is -0.375 e. The summed E-state index contributed by atoms with van der Waals surface area (Å²) in [6.45, 7) is 10.0. The number of hydrogen-bond acceptors (Lipinski definition) is 3. The molecule has 3 heteroatoms. The van der Waals surface area contributed by atoms with Crippen molar-refractivity contribution in [1.82, 2.24) is 5.32 Å². The predicted octanol–water partition coefficient (Wildman–Crippen LogP) is 1.52. The van der Waals surface area contributed by atoms with Gasteiger partial charge >= 0.3 is 0 Å². The summed E-state index contributed by atoms with van der Waals surface area (Å²) >= 11 is 0. The predicted molar refractivity (Wildman–Crippen MR) is 61.5 cm³/mol. The molecule has 0 aliphatic carbocycles. The molecule has 0 heterocycles. The smallest absolute Gasteiger partial charge is 0.0638 e. The molecule has 0 saturated heterocycles. The number of rotatable bonds is 7. The van der Waals surface area contributed by atoms with Crippen molar-refractivity contribution in [3.8, 4) is 0 Å². The van der Waals surface area contributed by atoms with E-state index in [1.165, 1.54) is 0 Å². The van der Waals surface area contributed by atoms with Crippen molar-refractivity contribution < 1.29 is 4.74 Å². The lowest BCUT2D eigenvalue weighted by Gasteiger charge is -2.27. The van der Waals surface area contributed by atoms with Gasteiger partial charge in [-0.25, -0.2) is 0 Å². The Morgan fingerprint density at radius 2 is 1.71 bits per heavy atom. The highest BCUT2D eigenvalue weighted by Crippen LogP contribution is 2.15. The van der Waals surface area contributed by atoms with Gasteiger partial charge in [-0.15, -0.1) is 0 Å². The van der Waals surface area contributed by atoms with Crippen molar-refractivity contribution in [2.24, 2.45) is 5.73 Å². The van der Waals surface area contributed by atoms with Crippen molar-refractivity contribution in [3.63, 3.8) is 0 Å². The summed E-state index contributed by atoms with van der Waals surface area (Å²) in [7, 11) is 1.96. The Morgan fingerprint density at radius 1 is 1.14 bits per heavy atom. The van der Waals surface area contributed by atoms with Crippen LogP contribution in [0.25, 0.3) is 0 Å². The number of nitrogens with two attached hydrogens (primary N) is 1. The van der Waals surface area contributed by atoms with Gasteiger partial charge < -0.3 is 15.8 Å². The highest BCUT2D eigenvalue weighted by Gasteiger charge is 2.19. The van der Waals surface area contributed by atoms with E-state index in [1.807, 2.05) is 20.9 Å². The van der Waals surface area contributed by atoms with Gasteiger partial charge in [-0.3, -0.25) is 0 Å². The first kappa shape index (κ1) is 13.9. The first-order chi connectivity index (χ1) is 6.27. The first-order valence-electron chi connectivity index (χ1n) is 5.34. The second kappa shape index (κ2) is 5.69. The Kier molecular flexibility index (Phi) is 5.64. The zero-order chi connectivity index (χ0) is 11.2. The second-order valence-electron chi connectivity index (χ2n) is 5.20. The van der Waals surface area contributed by atoms with Crippen molar-refractivity contribution >= 4 is 0 Å². The molecule has 0 bridgehead atoms. The van der Waals surface area contributed by atoms with Gasteiger partial charge in [0.1, 0.15) is 0 Å². The van der Waals surface area contributed by atoms with E-state index in [4.69, 9.17) is 10.5 Å². The van der Waals surface area contributed by atoms with Gasteiger partial charge in [-0.1, -0.05) is 0 Å². The fraction of sp³-hybridized carbons (Fsp3) is 1.00. The van der Waals surface area contributed by atoms with Gasteiger partial charge in [0.25, 0.3) is 0 Å². The Labute approximate surface area is 88.4 Å². The van der Waals surface area contributed by atoms with E-state index in [2.05, 4.69) is 19.2 Å². The lowest BCUT2D eigenvalue weighted by molar-refractivity contribution is -0.0283. The molecule has 0 spiro atoms. The molecule has 0 fully saturated rings. The van der Waals surface area contributed by atoms with Crippen LogP contribution in [-0.4, -0.2) is 31.3 Å². The third-order valence-corrected chi connectivity index (χ3v) is 2.22. The van der Waals surface area contributed by atoms with Crippen molar-refractivity contribution in [2.45, 2.75) is 51.7 Å². The van der Waals surface area contributed by atoms with E-state index in [-0.39, 0.29) is 11.1 Å². The first-order valence-corrected chi connectivity index (χ1v) is 5.34. The molecule has 0 atom stereocenters. The zero-order valence-corrected chi connectivity index (χ0v) is 10.3. The maximum Gasteiger partial charge on any atom is 0.0638 e.